The van der Waals surface area contributed by atoms with Crippen molar-refractivity contribution in [2.75, 3.05) is 26.2 Å². The maximum absolute atomic E-state index is 13.4. The third kappa shape index (κ3) is 4.52. The molecule has 160 valence electrons. The molecule has 5 nitrogen and oxygen atoms in total. The number of benzene rings is 1. The van der Waals surface area contributed by atoms with E-state index in [1.165, 1.54) is 11.8 Å². The van der Waals surface area contributed by atoms with E-state index in [9.17, 15) is 9.59 Å². The highest BCUT2D eigenvalue weighted by molar-refractivity contribution is 7.10. The minimum absolute atomic E-state index is 0.00744. The quantitative estimate of drug-likeness (QED) is 0.648. The summed E-state index contributed by atoms with van der Waals surface area (Å²) in [7, 11) is 0. The molecule has 8 heteroatoms. The number of amides is 2. The molecule has 1 fully saturated rings. The predicted molar refractivity (Wildman–Crippen MR) is 119 cm³/mol. The molecule has 4 rings (SSSR count). The lowest BCUT2D eigenvalue weighted by Crippen LogP contribution is -2.48. The fourth-order valence-electron chi connectivity index (χ4n) is 4.24. The number of carbonyl (C=O) groups excluding carboxylic acids is 2. The molecule has 2 aliphatic rings. The Morgan fingerprint density at radius 3 is 2.80 bits per heavy atom. The summed E-state index contributed by atoms with van der Waals surface area (Å²) in [6, 6.07) is 7.17. The Morgan fingerprint density at radius 1 is 1.27 bits per heavy atom. The molecule has 2 aliphatic heterocycles. The molecule has 1 saturated heterocycles. The third-order valence-corrected chi connectivity index (χ3v) is 7.32. The molecular formula is C22H24Cl2N2O3S. The van der Waals surface area contributed by atoms with Crippen LogP contribution in [0.25, 0.3) is 0 Å². The number of hydrogen-bond acceptors (Lipinski definition) is 4. The molecule has 1 aromatic carbocycles. The molecule has 0 saturated carbocycles. The standard InChI is InChI=1S/C22H24Cl2N2O3S/c1-14(27)25(12-16-3-2-9-29-16)13-21(28)26-8-6-20-18(7-10-30-20)22(26)17-5-4-15(23)11-19(17)24/h4-5,7,10-11,16,22H,2-3,6,8-9,12-13H2,1H3. The van der Waals surface area contributed by atoms with E-state index in [-0.39, 0.29) is 30.5 Å². The Balaban J connectivity index is 1.60. The highest BCUT2D eigenvalue weighted by atomic mass is 35.5. The van der Waals surface area contributed by atoms with Gasteiger partial charge in [0.2, 0.25) is 11.8 Å². The molecule has 1 aromatic heterocycles. The van der Waals surface area contributed by atoms with Gasteiger partial charge in [-0.2, -0.15) is 0 Å². The van der Waals surface area contributed by atoms with Crippen LogP contribution in [0.15, 0.2) is 29.6 Å². The Morgan fingerprint density at radius 2 is 2.10 bits per heavy atom. The van der Waals surface area contributed by atoms with Gasteiger partial charge in [-0.15, -0.1) is 11.3 Å². The van der Waals surface area contributed by atoms with Crippen molar-refractivity contribution in [3.63, 3.8) is 0 Å². The topological polar surface area (TPSA) is 49.9 Å². The first kappa shape index (κ1) is 21.6. The van der Waals surface area contributed by atoms with Crippen LogP contribution in [0.5, 0.6) is 0 Å². The summed E-state index contributed by atoms with van der Waals surface area (Å²) in [5.74, 6) is -0.204. The van der Waals surface area contributed by atoms with E-state index in [2.05, 4.69) is 11.4 Å². The van der Waals surface area contributed by atoms with Gasteiger partial charge in [0.1, 0.15) is 0 Å². The SMILES string of the molecule is CC(=O)N(CC(=O)N1CCc2sccc2C1c1ccc(Cl)cc1Cl)CC1CCCO1. The van der Waals surface area contributed by atoms with E-state index < -0.39 is 0 Å². The molecule has 2 aromatic rings. The summed E-state index contributed by atoms with van der Waals surface area (Å²) < 4.78 is 5.67. The van der Waals surface area contributed by atoms with Crippen molar-refractivity contribution in [2.45, 2.75) is 38.3 Å². The summed E-state index contributed by atoms with van der Waals surface area (Å²) >= 11 is 14.3. The van der Waals surface area contributed by atoms with Gasteiger partial charge in [-0.1, -0.05) is 29.3 Å². The number of halogens is 2. The minimum atomic E-state index is -0.284. The summed E-state index contributed by atoms with van der Waals surface area (Å²) in [6.45, 7) is 3.29. The van der Waals surface area contributed by atoms with E-state index in [4.69, 9.17) is 27.9 Å². The third-order valence-electron chi connectivity index (χ3n) is 5.76. The number of nitrogens with zero attached hydrogens (tertiary/aromatic N) is 2. The lowest BCUT2D eigenvalue weighted by molar-refractivity contribution is -0.141. The second kappa shape index (κ2) is 9.27. The zero-order valence-electron chi connectivity index (χ0n) is 16.8. The van der Waals surface area contributed by atoms with Crippen LogP contribution in [0.4, 0.5) is 0 Å². The van der Waals surface area contributed by atoms with Crippen molar-refractivity contribution in [1.82, 2.24) is 9.80 Å². The summed E-state index contributed by atoms with van der Waals surface area (Å²) in [5.41, 5.74) is 1.94. The summed E-state index contributed by atoms with van der Waals surface area (Å²) in [5, 5.41) is 3.14. The van der Waals surface area contributed by atoms with Crippen molar-refractivity contribution in [3.8, 4) is 0 Å². The molecular weight excluding hydrogens is 443 g/mol. The van der Waals surface area contributed by atoms with Crippen LogP contribution in [0.2, 0.25) is 10.0 Å². The molecule has 2 atom stereocenters. The molecule has 0 bridgehead atoms. The van der Waals surface area contributed by atoms with Gasteiger partial charge in [-0.3, -0.25) is 9.59 Å². The normalized spacial score (nSPS) is 20.8. The van der Waals surface area contributed by atoms with Gasteiger partial charge >= 0.3 is 0 Å². The zero-order valence-corrected chi connectivity index (χ0v) is 19.1. The van der Waals surface area contributed by atoms with Crippen molar-refractivity contribution in [3.05, 3.63) is 55.7 Å². The monoisotopic (exact) mass is 466 g/mol. The lowest BCUT2D eigenvalue weighted by Gasteiger charge is -2.38. The fraction of sp³-hybridized carbons (Fsp3) is 0.455. The number of ether oxygens (including phenoxy) is 1. The fourth-order valence-corrected chi connectivity index (χ4v) is 5.65. The van der Waals surface area contributed by atoms with E-state index in [0.29, 0.717) is 29.7 Å². The number of carbonyl (C=O) groups is 2. The van der Waals surface area contributed by atoms with Crippen molar-refractivity contribution in [2.24, 2.45) is 0 Å². The van der Waals surface area contributed by atoms with Crippen LogP contribution < -0.4 is 0 Å². The molecule has 0 radical (unpaired) electrons. The molecule has 2 unspecified atom stereocenters. The zero-order chi connectivity index (χ0) is 21.3. The number of thiophene rings is 1. The molecule has 0 N–H and O–H groups in total. The van der Waals surface area contributed by atoms with Crippen LogP contribution in [0, 0.1) is 0 Å². The van der Waals surface area contributed by atoms with Crippen LogP contribution in [0.1, 0.15) is 41.8 Å². The van der Waals surface area contributed by atoms with Gasteiger partial charge in [0.25, 0.3) is 0 Å². The van der Waals surface area contributed by atoms with Crippen LogP contribution in [-0.2, 0) is 20.7 Å². The van der Waals surface area contributed by atoms with Gasteiger partial charge in [0.05, 0.1) is 18.7 Å². The van der Waals surface area contributed by atoms with Crippen LogP contribution in [-0.4, -0.2) is 54.0 Å². The summed E-state index contributed by atoms with van der Waals surface area (Å²) in [4.78, 5) is 30.3. The first-order valence-corrected chi connectivity index (χ1v) is 11.8. The van der Waals surface area contributed by atoms with Crippen molar-refractivity contribution < 1.29 is 14.3 Å². The van der Waals surface area contributed by atoms with E-state index in [1.807, 2.05) is 11.0 Å². The first-order valence-electron chi connectivity index (χ1n) is 10.1. The average molecular weight is 467 g/mol. The van der Waals surface area contributed by atoms with E-state index in [1.54, 1.807) is 28.4 Å². The molecule has 2 amide bonds. The summed E-state index contributed by atoms with van der Waals surface area (Å²) in [6.07, 6.45) is 2.72. The molecule has 3 heterocycles. The number of rotatable bonds is 5. The maximum Gasteiger partial charge on any atom is 0.242 e. The molecule has 0 spiro atoms. The van der Waals surface area contributed by atoms with Gasteiger partial charge in [0, 0.05) is 41.5 Å². The highest BCUT2D eigenvalue weighted by Gasteiger charge is 2.35. The Hall–Kier alpha value is -1.60. The minimum Gasteiger partial charge on any atom is -0.376 e. The van der Waals surface area contributed by atoms with Gasteiger partial charge in [-0.05, 0) is 54.0 Å². The van der Waals surface area contributed by atoms with Crippen molar-refractivity contribution >= 4 is 46.4 Å². The Bertz CT molecular complexity index is 942. The maximum atomic E-state index is 13.4. The number of hydrogen-bond donors (Lipinski definition) is 0. The molecule has 30 heavy (non-hydrogen) atoms. The van der Waals surface area contributed by atoms with E-state index >= 15 is 0 Å². The van der Waals surface area contributed by atoms with Crippen molar-refractivity contribution in [1.29, 1.82) is 0 Å². The van der Waals surface area contributed by atoms with Crippen LogP contribution >= 0.6 is 34.5 Å². The van der Waals surface area contributed by atoms with Crippen LogP contribution in [0.3, 0.4) is 0 Å². The van der Waals surface area contributed by atoms with Gasteiger partial charge in [0.15, 0.2) is 0 Å². The highest BCUT2D eigenvalue weighted by Crippen LogP contribution is 2.41. The second-order valence-corrected chi connectivity index (χ2v) is 9.58. The Labute approximate surface area is 190 Å². The largest absolute Gasteiger partial charge is 0.376 e. The second-order valence-electron chi connectivity index (χ2n) is 7.74. The van der Waals surface area contributed by atoms with Gasteiger partial charge < -0.3 is 14.5 Å². The van der Waals surface area contributed by atoms with E-state index in [0.717, 1.165) is 30.4 Å². The lowest BCUT2D eigenvalue weighted by atomic mass is 9.93. The van der Waals surface area contributed by atoms with Gasteiger partial charge in [-0.25, -0.2) is 0 Å². The first-order chi connectivity index (χ1) is 14.4. The average Bonchev–Trinajstić information content (AvgIpc) is 3.38. The number of fused-ring (bicyclic) bond motifs is 1. The smallest absolute Gasteiger partial charge is 0.242 e. The molecule has 0 aliphatic carbocycles. The Kier molecular flexibility index (Phi) is 6.68. The predicted octanol–water partition coefficient (Wildman–Crippen LogP) is 4.56.